The smallest absolute Gasteiger partial charge is 0.326 e. The molecule has 0 saturated carbocycles. The zero-order valence-corrected chi connectivity index (χ0v) is 19.6. The van der Waals surface area contributed by atoms with Crippen molar-refractivity contribution in [2.75, 3.05) is 36.7 Å². The Morgan fingerprint density at radius 2 is 1.60 bits per heavy atom. The van der Waals surface area contributed by atoms with E-state index in [0.29, 0.717) is 34.9 Å². The molecule has 3 rings (SSSR count). The van der Waals surface area contributed by atoms with Gasteiger partial charge in [0.05, 0.1) is 14.2 Å². The molecule has 0 aliphatic heterocycles. The average Bonchev–Trinajstić information content (AvgIpc) is 2.87. The van der Waals surface area contributed by atoms with Crippen LogP contribution in [0.15, 0.2) is 52.1 Å². The van der Waals surface area contributed by atoms with E-state index < -0.39 is 22.9 Å². The van der Waals surface area contributed by atoms with Gasteiger partial charge in [0.1, 0.15) is 17.4 Å². The number of nitrogens with one attached hydrogen (secondary N) is 3. The van der Waals surface area contributed by atoms with Crippen LogP contribution in [0, 0.1) is 0 Å². The van der Waals surface area contributed by atoms with Crippen molar-refractivity contribution < 1.29 is 24.2 Å². The minimum atomic E-state index is -1.16. The minimum Gasteiger partial charge on any atom is -0.493 e. The molecule has 184 valence electrons. The highest BCUT2D eigenvalue weighted by Crippen LogP contribution is 2.28. The van der Waals surface area contributed by atoms with E-state index in [-0.39, 0.29) is 23.7 Å². The topological polar surface area (TPSA) is 143 Å². The Labute approximate surface area is 201 Å². The summed E-state index contributed by atoms with van der Waals surface area (Å²) in [6, 6.07) is 10.4. The van der Waals surface area contributed by atoms with Crippen LogP contribution in [0.4, 0.5) is 17.1 Å². The van der Waals surface area contributed by atoms with Crippen molar-refractivity contribution in [3.8, 4) is 11.5 Å². The summed E-state index contributed by atoms with van der Waals surface area (Å²) in [4.78, 5) is 48.1. The molecule has 0 fully saturated rings. The third kappa shape index (κ3) is 5.78. The third-order valence-corrected chi connectivity index (χ3v) is 5.38. The molecular formula is C25H27N3O7. The Morgan fingerprint density at radius 1 is 0.943 bits per heavy atom. The summed E-state index contributed by atoms with van der Waals surface area (Å²) in [6.07, 6.45) is 0.806. The first kappa shape index (κ1) is 25.3. The van der Waals surface area contributed by atoms with Gasteiger partial charge in [-0.15, -0.1) is 0 Å². The number of hydrogen-bond donors (Lipinski definition) is 4. The molecule has 0 heterocycles. The number of hydrogen-bond acceptors (Lipinski definition) is 8. The van der Waals surface area contributed by atoms with Crippen LogP contribution in [0.25, 0.3) is 0 Å². The number of carboxylic acids is 1. The summed E-state index contributed by atoms with van der Waals surface area (Å²) in [5, 5.41) is 17.9. The predicted octanol–water partition coefficient (Wildman–Crippen LogP) is 2.48. The van der Waals surface area contributed by atoms with Crippen molar-refractivity contribution in [1.82, 2.24) is 0 Å². The Hall–Kier alpha value is -4.34. The van der Waals surface area contributed by atoms with Gasteiger partial charge in [0, 0.05) is 24.2 Å². The average molecular weight is 482 g/mol. The quantitative estimate of drug-likeness (QED) is 0.287. The number of amides is 1. The first-order valence-corrected chi connectivity index (χ1v) is 11.0. The number of ether oxygens (including phenoxy) is 2. The first-order chi connectivity index (χ1) is 16.8. The van der Waals surface area contributed by atoms with Gasteiger partial charge in [0.15, 0.2) is 11.5 Å². The maximum absolute atomic E-state index is 12.6. The number of methoxy groups -OCH3 is 2. The fourth-order valence-electron chi connectivity index (χ4n) is 3.46. The van der Waals surface area contributed by atoms with Crippen molar-refractivity contribution in [2.24, 2.45) is 0 Å². The van der Waals surface area contributed by atoms with E-state index in [2.05, 4.69) is 16.0 Å². The Morgan fingerprint density at radius 3 is 2.20 bits per heavy atom. The second-order valence-electron chi connectivity index (χ2n) is 7.80. The summed E-state index contributed by atoms with van der Waals surface area (Å²) in [5.41, 5.74) is 0.286. The van der Waals surface area contributed by atoms with E-state index in [1.165, 1.54) is 14.2 Å². The number of aliphatic carboxylic acids is 1. The van der Waals surface area contributed by atoms with Gasteiger partial charge in [0.2, 0.25) is 0 Å². The summed E-state index contributed by atoms with van der Waals surface area (Å²) < 4.78 is 10.4. The van der Waals surface area contributed by atoms with Gasteiger partial charge in [-0.3, -0.25) is 14.4 Å². The molecular weight excluding hydrogens is 454 g/mol. The predicted molar refractivity (Wildman–Crippen MR) is 133 cm³/mol. The number of anilines is 3. The van der Waals surface area contributed by atoms with Crippen LogP contribution in [-0.2, 0) is 11.2 Å². The van der Waals surface area contributed by atoms with Crippen LogP contribution in [-0.4, -0.2) is 43.8 Å². The van der Waals surface area contributed by atoms with Crippen molar-refractivity contribution in [2.45, 2.75) is 25.8 Å². The molecule has 1 amide bonds. The minimum absolute atomic E-state index is 0.00495. The molecule has 0 aliphatic carbocycles. The van der Waals surface area contributed by atoms with Gasteiger partial charge in [-0.25, -0.2) is 4.79 Å². The largest absolute Gasteiger partial charge is 0.493 e. The maximum atomic E-state index is 12.6. The molecule has 0 aromatic heterocycles. The second-order valence-corrected chi connectivity index (χ2v) is 7.80. The standard InChI is InChI=1S/C25H27N3O7/c1-4-11-26-20-21(23(30)22(20)29)28-17(25(32)33)12-14-5-8-16(9-6-14)27-24(31)15-7-10-18(34-2)19(13-15)35-3/h5-10,13,17,26,28H,4,11-12H2,1-3H3,(H,27,31)(H,32,33). The van der Waals surface area contributed by atoms with E-state index in [0.717, 1.165) is 6.42 Å². The van der Waals surface area contributed by atoms with Crippen LogP contribution in [0.3, 0.4) is 0 Å². The normalized spacial score (nSPS) is 11.5. The fourth-order valence-corrected chi connectivity index (χ4v) is 3.46. The molecule has 0 saturated heterocycles. The van der Waals surface area contributed by atoms with Crippen LogP contribution >= 0.6 is 0 Å². The van der Waals surface area contributed by atoms with Crippen LogP contribution < -0.4 is 36.3 Å². The van der Waals surface area contributed by atoms with Crippen molar-refractivity contribution in [3.05, 3.63) is 74.0 Å². The first-order valence-electron chi connectivity index (χ1n) is 11.0. The van der Waals surface area contributed by atoms with Crippen LogP contribution in [0.1, 0.15) is 29.3 Å². The number of carbonyl (C=O) groups is 2. The lowest BCUT2D eigenvalue weighted by atomic mass is 10.0. The molecule has 35 heavy (non-hydrogen) atoms. The highest BCUT2D eigenvalue weighted by atomic mass is 16.5. The zero-order chi connectivity index (χ0) is 25.5. The van der Waals surface area contributed by atoms with Crippen molar-refractivity contribution in [3.63, 3.8) is 0 Å². The Bertz CT molecular complexity index is 1280. The highest BCUT2D eigenvalue weighted by molar-refractivity contribution is 6.04. The van der Waals surface area contributed by atoms with Gasteiger partial charge >= 0.3 is 5.97 Å². The molecule has 10 nitrogen and oxygen atoms in total. The molecule has 1 atom stereocenters. The molecule has 4 N–H and O–H groups in total. The van der Waals surface area contributed by atoms with Gasteiger partial charge in [-0.05, 0) is 42.3 Å². The zero-order valence-electron chi connectivity index (χ0n) is 19.6. The van der Waals surface area contributed by atoms with E-state index in [4.69, 9.17) is 9.47 Å². The molecule has 0 radical (unpaired) electrons. The summed E-state index contributed by atoms with van der Waals surface area (Å²) in [7, 11) is 2.99. The third-order valence-electron chi connectivity index (χ3n) is 5.38. The summed E-state index contributed by atoms with van der Waals surface area (Å²) in [5.74, 6) is -0.578. The molecule has 3 aromatic rings. The van der Waals surface area contributed by atoms with Crippen molar-refractivity contribution >= 4 is 28.9 Å². The van der Waals surface area contributed by atoms with Gasteiger partial charge < -0.3 is 30.5 Å². The van der Waals surface area contributed by atoms with Gasteiger partial charge in [0.25, 0.3) is 16.8 Å². The summed E-state index contributed by atoms with van der Waals surface area (Å²) >= 11 is 0. The number of rotatable bonds is 12. The highest BCUT2D eigenvalue weighted by Gasteiger charge is 2.26. The molecule has 0 aliphatic rings. The lowest BCUT2D eigenvalue weighted by Crippen LogP contribution is -2.42. The fraction of sp³-hybridized carbons (Fsp3) is 0.280. The molecule has 1 unspecified atom stereocenters. The van der Waals surface area contributed by atoms with Crippen LogP contribution in [0.2, 0.25) is 0 Å². The lowest BCUT2D eigenvalue weighted by Gasteiger charge is -2.20. The second kappa shape index (κ2) is 11.2. The van der Waals surface area contributed by atoms with Crippen molar-refractivity contribution in [1.29, 1.82) is 0 Å². The number of carbonyl (C=O) groups excluding carboxylic acids is 1. The van der Waals surface area contributed by atoms with E-state index in [9.17, 15) is 24.3 Å². The monoisotopic (exact) mass is 481 g/mol. The Balaban J connectivity index is 1.67. The van der Waals surface area contributed by atoms with E-state index >= 15 is 0 Å². The lowest BCUT2D eigenvalue weighted by molar-refractivity contribution is -0.137. The maximum Gasteiger partial charge on any atom is 0.326 e. The van der Waals surface area contributed by atoms with Gasteiger partial charge in [-0.1, -0.05) is 19.1 Å². The number of carboxylic acid groups (broad SMARTS) is 1. The van der Waals surface area contributed by atoms with E-state index in [1.807, 2.05) is 6.92 Å². The number of benzene rings is 2. The molecule has 0 spiro atoms. The van der Waals surface area contributed by atoms with Gasteiger partial charge in [-0.2, -0.15) is 0 Å². The van der Waals surface area contributed by atoms with E-state index in [1.54, 1.807) is 42.5 Å². The molecule has 3 aromatic carbocycles. The molecule has 10 heteroatoms. The van der Waals surface area contributed by atoms with Crippen LogP contribution in [0.5, 0.6) is 11.5 Å². The summed E-state index contributed by atoms with van der Waals surface area (Å²) in [6.45, 7) is 2.40. The molecule has 0 bridgehead atoms. The Kier molecular flexibility index (Phi) is 8.08. The SMILES string of the molecule is CCCNc1c(NC(Cc2ccc(NC(=O)c3ccc(OC)c(OC)c3)cc2)C(=O)O)c(=O)c1=O.